The van der Waals surface area contributed by atoms with Gasteiger partial charge < -0.3 is 19.6 Å². The maximum absolute atomic E-state index is 13.6. The van der Waals surface area contributed by atoms with Crippen molar-refractivity contribution in [2.24, 2.45) is 5.92 Å². The van der Waals surface area contributed by atoms with Crippen molar-refractivity contribution in [3.63, 3.8) is 0 Å². The number of likely N-dealkylation sites (N-methyl/N-ethyl adjacent to an activating group) is 1. The molecule has 0 saturated carbocycles. The number of fused-ring (bicyclic) bond motifs is 1. The van der Waals surface area contributed by atoms with E-state index >= 15 is 0 Å². The predicted octanol–water partition coefficient (Wildman–Crippen LogP) is 4.05. The monoisotopic (exact) mass is 487 g/mol. The molecule has 2 heterocycles. The van der Waals surface area contributed by atoms with Crippen molar-refractivity contribution in [1.29, 1.82) is 0 Å². The summed E-state index contributed by atoms with van der Waals surface area (Å²) in [5.74, 6) is -0.205. The lowest BCUT2D eigenvalue weighted by Crippen LogP contribution is -2.50. The van der Waals surface area contributed by atoms with Crippen LogP contribution >= 0.6 is 0 Å². The SMILES string of the molecule is Cc1ccc(-c2cnc3c(c2)C(=O)N([C@H](C)CO)C[C@@H](C)[C@H](CN(C)C(=O)c2ccccc2)O3)cc1. The number of carbonyl (C=O) groups excluding carboxylic acids is 2. The van der Waals surface area contributed by atoms with Gasteiger partial charge in [0.05, 0.1) is 19.2 Å². The number of ether oxygens (including phenoxy) is 1. The highest BCUT2D eigenvalue weighted by molar-refractivity contribution is 5.98. The molecule has 0 bridgehead atoms. The molecule has 3 atom stereocenters. The van der Waals surface area contributed by atoms with Gasteiger partial charge in [-0.05, 0) is 37.6 Å². The Hall–Kier alpha value is -3.71. The Bertz CT molecular complexity index is 1210. The number of benzene rings is 2. The highest BCUT2D eigenvalue weighted by Crippen LogP contribution is 2.30. The van der Waals surface area contributed by atoms with Gasteiger partial charge in [0.2, 0.25) is 5.88 Å². The minimum Gasteiger partial charge on any atom is -0.472 e. The van der Waals surface area contributed by atoms with E-state index in [0.29, 0.717) is 24.2 Å². The molecule has 1 aliphatic heterocycles. The Morgan fingerprint density at radius 3 is 2.53 bits per heavy atom. The Balaban J connectivity index is 1.68. The molecule has 7 nitrogen and oxygen atoms in total. The standard InChI is InChI=1S/C29H33N3O4/c1-19-10-12-22(13-11-19)24-14-25-27(30-15-24)36-26(20(2)16-32(29(25)35)21(3)18-33)17-31(4)28(34)23-8-6-5-7-9-23/h5-15,20-21,26,33H,16-18H2,1-4H3/t20-,21-,26+/m1/s1. The molecule has 36 heavy (non-hydrogen) atoms. The molecular weight excluding hydrogens is 454 g/mol. The second kappa shape index (κ2) is 10.9. The number of aliphatic hydroxyl groups is 1. The second-order valence-electron chi connectivity index (χ2n) is 9.62. The summed E-state index contributed by atoms with van der Waals surface area (Å²) in [6.45, 7) is 6.38. The van der Waals surface area contributed by atoms with Gasteiger partial charge in [-0.1, -0.05) is 55.0 Å². The summed E-state index contributed by atoms with van der Waals surface area (Å²) < 4.78 is 6.33. The van der Waals surface area contributed by atoms with Crippen LogP contribution in [-0.4, -0.2) is 70.6 Å². The van der Waals surface area contributed by atoms with E-state index in [1.807, 2.05) is 63.2 Å². The fourth-order valence-electron chi connectivity index (χ4n) is 4.38. The molecule has 0 radical (unpaired) electrons. The quantitative estimate of drug-likeness (QED) is 0.567. The van der Waals surface area contributed by atoms with Crippen LogP contribution in [0.25, 0.3) is 11.1 Å². The maximum Gasteiger partial charge on any atom is 0.259 e. The summed E-state index contributed by atoms with van der Waals surface area (Å²) in [6, 6.07) is 18.6. The van der Waals surface area contributed by atoms with Gasteiger partial charge in [-0.2, -0.15) is 0 Å². The molecule has 3 aromatic rings. The van der Waals surface area contributed by atoms with E-state index in [1.54, 1.807) is 41.2 Å². The highest BCUT2D eigenvalue weighted by atomic mass is 16.5. The number of carbonyl (C=O) groups is 2. The zero-order valence-electron chi connectivity index (χ0n) is 21.2. The van der Waals surface area contributed by atoms with Crippen molar-refractivity contribution < 1.29 is 19.4 Å². The molecular formula is C29H33N3O4. The number of aryl methyl sites for hydroxylation is 1. The van der Waals surface area contributed by atoms with Crippen molar-refractivity contribution in [3.8, 4) is 17.0 Å². The Kier molecular flexibility index (Phi) is 7.70. The van der Waals surface area contributed by atoms with E-state index in [1.165, 1.54) is 0 Å². The third-order valence-corrected chi connectivity index (χ3v) is 6.73. The Morgan fingerprint density at radius 1 is 1.17 bits per heavy atom. The van der Waals surface area contributed by atoms with Gasteiger partial charge in [-0.3, -0.25) is 9.59 Å². The molecule has 7 heteroatoms. The molecule has 0 fully saturated rings. The third-order valence-electron chi connectivity index (χ3n) is 6.73. The van der Waals surface area contributed by atoms with Gasteiger partial charge >= 0.3 is 0 Å². The number of hydrogen-bond donors (Lipinski definition) is 1. The molecule has 1 N–H and O–H groups in total. The molecule has 1 aliphatic rings. The van der Waals surface area contributed by atoms with Crippen LogP contribution in [0.3, 0.4) is 0 Å². The fourth-order valence-corrected chi connectivity index (χ4v) is 4.38. The zero-order chi connectivity index (χ0) is 25.8. The lowest BCUT2D eigenvalue weighted by atomic mass is 9.98. The average Bonchev–Trinajstić information content (AvgIpc) is 2.90. The molecule has 0 spiro atoms. The molecule has 2 amide bonds. The van der Waals surface area contributed by atoms with Crippen LogP contribution in [0, 0.1) is 12.8 Å². The molecule has 4 rings (SSSR count). The molecule has 1 aromatic heterocycles. The topological polar surface area (TPSA) is 83.0 Å². The Labute approximate surface area is 212 Å². The Morgan fingerprint density at radius 2 is 1.86 bits per heavy atom. The van der Waals surface area contributed by atoms with Crippen molar-refractivity contribution in [1.82, 2.24) is 14.8 Å². The van der Waals surface area contributed by atoms with Gasteiger partial charge in [0.1, 0.15) is 11.7 Å². The number of rotatable bonds is 6. The number of amides is 2. The number of aliphatic hydroxyl groups excluding tert-OH is 1. The van der Waals surface area contributed by atoms with Crippen LogP contribution in [0.15, 0.2) is 66.9 Å². The fraction of sp³-hybridized carbons (Fsp3) is 0.345. The van der Waals surface area contributed by atoms with Gasteiger partial charge in [-0.25, -0.2) is 4.98 Å². The summed E-state index contributed by atoms with van der Waals surface area (Å²) in [7, 11) is 1.75. The summed E-state index contributed by atoms with van der Waals surface area (Å²) >= 11 is 0. The summed E-state index contributed by atoms with van der Waals surface area (Å²) in [6.07, 6.45) is 1.30. The summed E-state index contributed by atoms with van der Waals surface area (Å²) in [5, 5.41) is 9.88. The largest absolute Gasteiger partial charge is 0.472 e. The summed E-state index contributed by atoms with van der Waals surface area (Å²) in [4.78, 5) is 34.5. The first-order valence-corrected chi connectivity index (χ1v) is 12.2. The first-order valence-electron chi connectivity index (χ1n) is 12.2. The minimum atomic E-state index is -0.402. The smallest absolute Gasteiger partial charge is 0.259 e. The van der Waals surface area contributed by atoms with E-state index in [2.05, 4.69) is 4.98 Å². The van der Waals surface area contributed by atoms with Crippen LogP contribution < -0.4 is 4.74 Å². The van der Waals surface area contributed by atoms with Crippen LogP contribution in [0.2, 0.25) is 0 Å². The minimum absolute atomic E-state index is 0.104. The number of hydrogen-bond acceptors (Lipinski definition) is 5. The van der Waals surface area contributed by atoms with Crippen molar-refractivity contribution in [3.05, 3.63) is 83.6 Å². The van der Waals surface area contributed by atoms with E-state index in [4.69, 9.17) is 4.74 Å². The normalized spacial score (nSPS) is 18.5. The van der Waals surface area contributed by atoms with Crippen molar-refractivity contribution in [2.45, 2.75) is 32.9 Å². The van der Waals surface area contributed by atoms with Crippen LogP contribution in [0.5, 0.6) is 5.88 Å². The second-order valence-corrected chi connectivity index (χ2v) is 9.62. The van der Waals surface area contributed by atoms with E-state index in [9.17, 15) is 14.7 Å². The molecule has 0 unspecified atom stereocenters. The highest BCUT2D eigenvalue weighted by Gasteiger charge is 2.34. The molecule has 0 saturated heterocycles. The lowest BCUT2D eigenvalue weighted by molar-refractivity contribution is 0.0313. The maximum atomic E-state index is 13.6. The van der Waals surface area contributed by atoms with Crippen molar-refractivity contribution >= 4 is 11.8 Å². The van der Waals surface area contributed by atoms with Gasteiger partial charge in [0, 0.05) is 36.8 Å². The third kappa shape index (κ3) is 5.41. The predicted molar refractivity (Wildman–Crippen MR) is 139 cm³/mol. The van der Waals surface area contributed by atoms with Crippen LogP contribution in [0.4, 0.5) is 0 Å². The molecule has 188 valence electrons. The van der Waals surface area contributed by atoms with Crippen LogP contribution in [-0.2, 0) is 0 Å². The van der Waals surface area contributed by atoms with E-state index in [0.717, 1.165) is 16.7 Å². The molecule has 2 aromatic carbocycles. The van der Waals surface area contributed by atoms with Gasteiger partial charge in [0.25, 0.3) is 11.8 Å². The van der Waals surface area contributed by atoms with E-state index < -0.39 is 6.10 Å². The molecule has 0 aliphatic carbocycles. The lowest BCUT2D eigenvalue weighted by Gasteiger charge is -2.37. The summed E-state index contributed by atoms with van der Waals surface area (Å²) in [5.41, 5.74) is 3.86. The van der Waals surface area contributed by atoms with Crippen LogP contribution in [0.1, 0.15) is 40.1 Å². The number of nitrogens with zero attached hydrogens (tertiary/aromatic N) is 3. The van der Waals surface area contributed by atoms with Crippen molar-refractivity contribution in [2.75, 3.05) is 26.7 Å². The first kappa shape index (κ1) is 25.4. The average molecular weight is 488 g/mol. The first-order chi connectivity index (χ1) is 17.3. The van der Waals surface area contributed by atoms with E-state index in [-0.39, 0.29) is 36.3 Å². The number of aromatic nitrogens is 1. The zero-order valence-corrected chi connectivity index (χ0v) is 21.2. The van der Waals surface area contributed by atoms with Gasteiger partial charge in [-0.15, -0.1) is 0 Å². The number of pyridine rings is 1. The van der Waals surface area contributed by atoms with Gasteiger partial charge in [0.15, 0.2) is 0 Å².